The van der Waals surface area contributed by atoms with Gasteiger partial charge in [0.1, 0.15) is 11.7 Å². The molecule has 4 heteroatoms. The molecule has 0 N–H and O–H groups in total. The summed E-state index contributed by atoms with van der Waals surface area (Å²) in [6, 6.07) is 0. The molecule has 0 radical (unpaired) electrons. The predicted octanol–water partition coefficient (Wildman–Crippen LogP) is 2.15. The molecular weight excluding hydrogens is 292 g/mol. The minimum Gasteiger partial charge on any atom is -0.362 e. The van der Waals surface area contributed by atoms with Crippen molar-refractivity contribution in [3.05, 3.63) is 35.5 Å². The van der Waals surface area contributed by atoms with Crippen LogP contribution in [0.25, 0.3) is 0 Å². The Morgan fingerprint density at radius 2 is 1.91 bits per heavy atom. The van der Waals surface area contributed by atoms with Crippen molar-refractivity contribution in [3.63, 3.8) is 0 Å². The van der Waals surface area contributed by atoms with Crippen molar-refractivity contribution in [1.29, 1.82) is 0 Å². The second-order valence-corrected chi connectivity index (χ2v) is 8.09. The molecule has 0 aromatic carbocycles. The molecule has 23 heavy (non-hydrogen) atoms. The maximum absolute atomic E-state index is 12.6. The van der Waals surface area contributed by atoms with E-state index in [1.54, 1.807) is 12.2 Å². The molecule has 5 aliphatic rings. The first kappa shape index (κ1) is 13.9. The Balaban J connectivity index is 1.72. The van der Waals surface area contributed by atoms with E-state index in [-0.39, 0.29) is 47.1 Å². The highest BCUT2D eigenvalue weighted by Crippen LogP contribution is 2.62. The molecule has 0 aromatic rings. The Morgan fingerprint density at radius 1 is 1.13 bits per heavy atom. The largest absolute Gasteiger partial charge is 0.362 e. The Hall–Kier alpha value is -1.52. The summed E-state index contributed by atoms with van der Waals surface area (Å²) in [4.78, 5) is 24.9. The number of carbonyl (C=O) groups excluding carboxylic acids is 2. The standard InChI is InChI=1S/C19H20O4/c1-18(2)14-7-6-13(21)19(3,23-14)10-8-9-12-5-4-11(20)17(22-12)15(9)16(10)18/h4-7,9,12,14-15,17H,8H2,1-3H3/t9?,12-,14-,15?,17+,19-/m0/s1. The number of carbonyl (C=O) groups is 2. The van der Waals surface area contributed by atoms with E-state index in [9.17, 15) is 9.59 Å². The zero-order valence-corrected chi connectivity index (χ0v) is 13.5. The molecule has 5 rings (SSSR count). The van der Waals surface area contributed by atoms with Crippen molar-refractivity contribution in [2.75, 3.05) is 0 Å². The average Bonchev–Trinajstić information content (AvgIpc) is 3.02. The summed E-state index contributed by atoms with van der Waals surface area (Å²) in [5.41, 5.74) is 1.25. The molecule has 4 bridgehead atoms. The predicted molar refractivity (Wildman–Crippen MR) is 82.6 cm³/mol. The van der Waals surface area contributed by atoms with Gasteiger partial charge >= 0.3 is 0 Å². The highest BCUT2D eigenvalue weighted by Gasteiger charge is 2.63. The van der Waals surface area contributed by atoms with Gasteiger partial charge in [0.25, 0.3) is 0 Å². The number of fused-ring (bicyclic) bond motifs is 9. The van der Waals surface area contributed by atoms with Gasteiger partial charge in [-0.15, -0.1) is 0 Å². The number of hydrogen-bond donors (Lipinski definition) is 0. The van der Waals surface area contributed by atoms with Crippen molar-refractivity contribution in [1.82, 2.24) is 0 Å². The molecule has 4 aliphatic heterocycles. The lowest BCUT2D eigenvalue weighted by Gasteiger charge is -2.50. The van der Waals surface area contributed by atoms with E-state index in [2.05, 4.69) is 13.8 Å². The lowest BCUT2D eigenvalue weighted by Crippen LogP contribution is -2.54. The second-order valence-electron chi connectivity index (χ2n) is 8.09. The quantitative estimate of drug-likeness (QED) is 0.643. The van der Waals surface area contributed by atoms with Crippen molar-refractivity contribution < 1.29 is 19.1 Å². The molecular formula is C19H20O4. The van der Waals surface area contributed by atoms with E-state index in [1.165, 1.54) is 5.57 Å². The van der Waals surface area contributed by atoms with Crippen LogP contribution in [-0.2, 0) is 19.1 Å². The SMILES string of the molecule is CC1(C)C2=C(CC3C2[C@@H]2O[C@H]3C=CC2=O)[C@]2(C)O[C@H]1C=CC2=O. The summed E-state index contributed by atoms with van der Waals surface area (Å²) < 4.78 is 12.2. The fourth-order valence-corrected chi connectivity index (χ4v) is 5.37. The van der Waals surface area contributed by atoms with Crippen molar-refractivity contribution in [2.45, 2.75) is 51.1 Å². The fourth-order valence-electron chi connectivity index (χ4n) is 5.37. The zero-order valence-electron chi connectivity index (χ0n) is 13.5. The monoisotopic (exact) mass is 312 g/mol. The summed E-state index contributed by atoms with van der Waals surface area (Å²) >= 11 is 0. The van der Waals surface area contributed by atoms with Gasteiger partial charge in [0.05, 0.1) is 12.2 Å². The first-order valence-corrected chi connectivity index (χ1v) is 8.36. The van der Waals surface area contributed by atoms with Gasteiger partial charge in [-0.1, -0.05) is 31.6 Å². The van der Waals surface area contributed by atoms with Crippen LogP contribution in [0.3, 0.4) is 0 Å². The number of ether oxygens (including phenoxy) is 2. The third-order valence-electron chi connectivity index (χ3n) is 6.58. The van der Waals surface area contributed by atoms with Crippen LogP contribution in [0.5, 0.6) is 0 Å². The number of rotatable bonds is 0. The first-order chi connectivity index (χ1) is 10.8. The maximum Gasteiger partial charge on any atom is 0.191 e. The normalized spacial score (nSPS) is 48.7. The van der Waals surface area contributed by atoms with Crippen LogP contribution in [0.1, 0.15) is 27.2 Å². The minimum atomic E-state index is -0.865. The van der Waals surface area contributed by atoms with Crippen LogP contribution >= 0.6 is 0 Å². The third kappa shape index (κ3) is 1.45. The Labute approximate surface area is 135 Å². The molecule has 0 saturated carbocycles. The summed E-state index contributed by atoms with van der Waals surface area (Å²) in [6.07, 6.45) is 7.37. The van der Waals surface area contributed by atoms with Gasteiger partial charge in [-0.3, -0.25) is 9.59 Å². The molecule has 1 fully saturated rings. The molecule has 0 spiro atoms. The van der Waals surface area contributed by atoms with E-state index >= 15 is 0 Å². The van der Waals surface area contributed by atoms with Gasteiger partial charge in [-0.2, -0.15) is 0 Å². The summed E-state index contributed by atoms with van der Waals surface area (Å²) in [5, 5.41) is 0. The molecule has 1 saturated heterocycles. The molecule has 0 amide bonds. The highest BCUT2D eigenvalue weighted by molar-refractivity contribution is 6.01. The van der Waals surface area contributed by atoms with Gasteiger partial charge in [0.2, 0.25) is 0 Å². The van der Waals surface area contributed by atoms with E-state index in [1.807, 2.05) is 19.1 Å². The van der Waals surface area contributed by atoms with Gasteiger partial charge in [0.15, 0.2) is 11.6 Å². The third-order valence-corrected chi connectivity index (χ3v) is 6.58. The Morgan fingerprint density at radius 3 is 2.70 bits per heavy atom. The van der Waals surface area contributed by atoms with Crippen LogP contribution in [0.15, 0.2) is 35.5 Å². The van der Waals surface area contributed by atoms with E-state index in [4.69, 9.17) is 9.47 Å². The first-order valence-electron chi connectivity index (χ1n) is 8.36. The van der Waals surface area contributed by atoms with Crippen LogP contribution in [0.4, 0.5) is 0 Å². The minimum absolute atomic E-state index is 0.0179. The summed E-state index contributed by atoms with van der Waals surface area (Å²) in [6.45, 7) is 6.22. The second kappa shape index (κ2) is 3.93. The number of hydrogen-bond acceptors (Lipinski definition) is 4. The molecule has 4 nitrogen and oxygen atoms in total. The van der Waals surface area contributed by atoms with Crippen molar-refractivity contribution in [3.8, 4) is 0 Å². The molecule has 6 atom stereocenters. The summed E-state index contributed by atoms with van der Waals surface area (Å²) in [7, 11) is 0. The van der Waals surface area contributed by atoms with Crippen LogP contribution < -0.4 is 0 Å². The molecule has 0 aromatic heterocycles. The molecule has 1 aliphatic carbocycles. The van der Waals surface area contributed by atoms with Gasteiger partial charge in [0, 0.05) is 17.3 Å². The average molecular weight is 312 g/mol. The van der Waals surface area contributed by atoms with E-state index in [0.717, 1.165) is 12.0 Å². The van der Waals surface area contributed by atoms with Gasteiger partial charge in [-0.05, 0) is 31.1 Å². The smallest absolute Gasteiger partial charge is 0.191 e. The number of ketones is 2. The van der Waals surface area contributed by atoms with Crippen LogP contribution in [-0.4, -0.2) is 35.5 Å². The van der Waals surface area contributed by atoms with Crippen LogP contribution in [0.2, 0.25) is 0 Å². The lowest BCUT2D eigenvalue weighted by atomic mass is 9.65. The van der Waals surface area contributed by atoms with E-state index in [0.29, 0.717) is 0 Å². The lowest BCUT2D eigenvalue weighted by molar-refractivity contribution is -0.150. The van der Waals surface area contributed by atoms with Crippen molar-refractivity contribution >= 4 is 11.6 Å². The van der Waals surface area contributed by atoms with E-state index < -0.39 is 5.60 Å². The van der Waals surface area contributed by atoms with Crippen molar-refractivity contribution in [2.24, 2.45) is 17.3 Å². The van der Waals surface area contributed by atoms with Gasteiger partial charge < -0.3 is 9.47 Å². The maximum atomic E-state index is 12.6. The highest BCUT2D eigenvalue weighted by atomic mass is 16.5. The summed E-state index contributed by atoms with van der Waals surface area (Å²) in [5.74, 6) is 0.406. The fraction of sp³-hybridized carbons (Fsp3) is 0.579. The Bertz CT molecular complexity index is 740. The molecule has 120 valence electrons. The molecule has 4 heterocycles. The molecule has 2 unspecified atom stereocenters. The zero-order chi connectivity index (χ0) is 16.1. The Kier molecular flexibility index (Phi) is 2.37. The van der Waals surface area contributed by atoms with Crippen LogP contribution in [0, 0.1) is 17.3 Å². The topological polar surface area (TPSA) is 52.6 Å². The van der Waals surface area contributed by atoms with Gasteiger partial charge in [-0.25, -0.2) is 0 Å².